The average Bonchev–Trinajstić information content (AvgIpc) is 3.11. The zero-order valence-corrected chi connectivity index (χ0v) is 17.3. The van der Waals surface area contributed by atoms with Crippen LogP contribution in [0.25, 0.3) is 0 Å². The van der Waals surface area contributed by atoms with Crippen LogP contribution in [0.4, 0.5) is 4.79 Å². The second kappa shape index (κ2) is 9.43. The molecule has 0 N–H and O–H groups in total. The monoisotopic (exact) mass is 388 g/mol. The van der Waals surface area contributed by atoms with E-state index in [1.165, 1.54) is 11.1 Å². The zero-order chi connectivity index (χ0) is 20.0. The number of rotatable bonds is 6. The first-order valence-electron chi connectivity index (χ1n) is 10.1. The molecule has 6 nitrogen and oxygen atoms in total. The number of carbonyl (C=O) groups excluding carboxylic acids is 1. The van der Waals surface area contributed by atoms with Crippen LogP contribution in [-0.2, 0) is 15.9 Å². The van der Waals surface area contributed by atoms with Gasteiger partial charge in [0.15, 0.2) is 0 Å². The van der Waals surface area contributed by atoms with Gasteiger partial charge < -0.3 is 14.2 Å². The Hall–Kier alpha value is -2.05. The summed E-state index contributed by atoms with van der Waals surface area (Å²) in [6.07, 6.45) is 3.39. The van der Waals surface area contributed by atoms with Gasteiger partial charge in [-0.2, -0.15) is 0 Å². The Labute approximate surface area is 168 Å². The third-order valence-corrected chi connectivity index (χ3v) is 4.77. The van der Waals surface area contributed by atoms with E-state index in [0.29, 0.717) is 13.2 Å². The van der Waals surface area contributed by atoms with Crippen molar-refractivity contribution in [1.82, 2.24) is 9.80 Å². The van der Waals surface area contributed by atoms with Crippen molar-refractivity contribution in [3.8, 4) is 5.75 Å². The molecule has 1 saturated heterocycles. The predicted octanol–water partition coefficient (Wildman–Crippen LogP) is 3.46. The minimum Gasteiger partial charge on any atom is -0.492 e. The molecule has 2 heterocycles. The molecule has 1 amide bonds. The highest BCUT2D eigenvalue weighted by molar-refractivity contribution is 5.70. The first-order chi connectivity index (χ1) is 13.4. The highest BCUT2D eigenvalue weighted by Crippen LogP contribution is 2.22. The summed E-state index contributed by atoms with van der Waals surface area (Å²) in [5.74, 6) is 0.896. The fourth-order valence-electron chi connectivity index (χ4n) is 3.30. The molecule has 0 spiro atoms. The van der Waals surface area contributed by atoms with Crippen LogP contribution in [0.2, 0.25) is 0 Å². The molecule has 154 valence electrons. The lowest BCUT2D eigenvalue weighted by Gasteiger charge is -2.26. The van der Waals surface area contributed by atoms with Crippen LogP contribution in [0.5, 0.6) is 5.75 Å². The van der Waals surface area contributed by atoms with Crippen LogP contribution in [0.15, 0.2) is 36.0 Å². The van der Waals surface area contributed by atoms with Gasteiger partial charge in [-0.25, -0.2) is 4.79 Å². The maximum Gasteiger partial charge on any atom is 0.414 e. The molecule has 6 heteroatoms. The molecule has 2 aliphatic heterocycles. The summed E-state index contributed by atoms with van der Waals surface area (Å²) in [7, 11) is 0. The summed E-state index contributed by atoms with van der Waals surface area (Å²) in [6, 6.07) is 8.24. The highest BCUT2D eigenvalue weighted by Gasteiger charge is 2.24. The number of benzene rings is 1. The van der Waals surface area contributed by atoms with Crippen molar-refractivity contribution in [2.75, 3.05) is 46.0 Å². The normalized spacial score (nSPS) is 18.1. The van der Waals surface area contributed by atoms with E-state index < -0.39 is 5.60 Å². The average molecular weight is 389 g/mol. The van der Waals surface area contributed by atoms with Gasteiger partial charge in [-0.05, 0) is 56.9 Å². The fourth-order valence-corrected chi connectivity index (χ4v) is 3.30. The van der Waals surface area contributed by atoms with Crippen molar-refractivity contribution in [2.45, 2.75) is 39.2 Å². The molecule has 0 saturated carbocycles. The van der Waals surface area contributed by atoms with Crippen LogP contribution in [0, 0.1) is 0 Å². The molecule has 28 heavy (non-hydrogen) atoms. The number of nitrogens with zero attached hydrogens (tertiary/aromatic N) is 2. The van der Waals surface area contributed by atoms with Crippen LogP contribution in [0.1, 0.15) is 32.8 Å². The number of hydrogen-bond donors (Lipinski definition) is 0. The maximum atomic E-state index is 12.2. The molecule has 2 aliphatic rings. The van der Waals surface area contributed by atoms with Crippen LogP contribution < -0.4 is 4.74 Å². The Balaban J connectivity index is 1.43. The summed E-state index contributed by atoms with van der Waals surface area (Å²) in [4.78, 5) is 16.2. The molecule has 1 aromatic rings. The Morgan fingerprint density at radius 3 is 2.50 bits per heavy atom. The van der Waals surface area contributed by atoms with E-state index in [4.69, 9.17) is 14.2 Å². The topological polar surface area (TPSA) is 51.2 Å². The molecule has 0 unspecified atom stereocenters. The largest absolute Gasteiger partial charge is 0.492 e. The molecule has 0 bridgehead atoms. The van der Waals surface area contributed by atoms with E-state index in [1.807, 2.05) is 39.1 Å². The van der Waals surface area contributed by atoms with E-state index in [0.717, 1.165) is 51.4 Å². The fraction of sp³-hybridized carbons (Fsp3) is 0.591. The van der Waals surface area contributed by atoms with E-state index in [2.05, 4.69) is 17.0 Å². The first kappa shape index (κ1) is 20.7. The van der Waals surface area contributed by atoms with Gasteiger partial charge in [0.1, 0.15) is 18.0 Å². The summed E-state index contributed by atoms with van der Waals surface area (Å²) in [5, 5.41) is 0. The third-order valence-electron chi connectivity index (χ3n) is 4.77. The van der Waals surface area contributed by atoms with E-state index >= 15 is 0 Å². The highest BCUT2D eigenvalue weighted by atomic mass is 16.6. The van der Waals surface area contributed by atoms with Gasteiger partial charge in [-0.3, -0.25) is 9.80 Å². The smallest absolute Gasteiger partial charge is 0.414 e. The SMILES string of the molecule is CC(C)(C)OC(=O)N1C=C(Cc2ccc(OCCN3CCOCC3)cc2)CC1. The number of ether oxygens (including phenoxy) is 3. The van der Waals surface area contributed by atoms with Crippen molar-refractivity contribution >= 4 is 6.09 Å². The summed E-state index contributed by atoms with van der Waals surface area (Å²) >= 11 is 0. The van der Waals surface area contributed by atoms with Gasteiger partial charge in [0, 0.05) is 32.4 Å². The number of hydrogen-bond acceptors (Lipinski definition) is 5. The quantitative estimate of drug-likeness (QED) is 0.747. The zero-order valence-electron chi connectivity index (χ0n) is 17.3. The van der Waals surface area contributed by atoms with Gasteiger partial charge >= 0.3 is 6.09 Å². The van der Waals surface area contributed by atoms with Crippen molar-refractivity contribution in [3.63, 3.8) is 0 Å². The van der Waals surface area contributed by atoms with Crippen LogP contribution in [-0.4, -0.2) is 67.5 Å². The predicted molar refractivity (Wildman–Crippen MR) is 109 cm³/mol. The lowest BCUT2D eigenvalue weighted by atomic mass is 10.0. The molecular formula is C22H32N2O4. The molecule has 1 aromatic carbocycles. The lowest BCUT2D eigenvalue weighted by Crippen LogP contribution is -2.38. The lowest BCUT2D eigenvalue weighted by molar-refractivity contribution is 0.0322. The van der Waals surface area contributed by atoms with E-state index in [-0.39, 0.29) is 6.09 Å². The van der Waals surface area contributed by atoms with Crippen molar-refractivity contribution in [2.24, 2.45) is 0 Å². The van der Waals surface area contributed by atoms with Gasteiger partial charge in [-0.1, -0.05) is 12.1 Å². The molecule has 1 fully saturated rings. The second-order valence-electron chi connectivity index (χ2n) is 8.33. The molecular weight excluding hydrogens is 356 g/mol. The van der Waals surface area contributed by atoms with E-state index in [1.54, 1.807) is 4.90 Å². The van der Waals surface area contributed by atoms with Crippen LogP contribution >= 0.6 is 0 Å². The van der Waals surface area contributed by atoms with Crippen molar-refractivity contribution < 1.29 is 19.0 Å². The Kier molecular flexibility index (Phi) is 6.97. The number of morpholine rings is 1. The Morgan fingerprint density at radius 1 is 1.11 bits per heavy atom. The minimum atomic E-state index is -0.467. The molecule has 0 radical (unpaired) electrons. The van der Waals surface area contributed by atoms with Gasteiger partial charge in [0.25, 0.3) is 0 Å². The van der Waals surface area contributed by atoms with Gasteiger partial charge in [0.05, 0.1) is 13.2 Å². The summed E-state index contributed by atoms with van der Waals surface area (Å²) in [5.41, 5.74) is 2.00. The second-order valence-corrected chi connectivity index (χ2v) is 8.33. The molecule has 0 atom stereocenters. The molecule has 0 aromatic heterocycles. The maximum absolute atomic E-state index is 12.2. The third kappa shape index (κ3) is 6.53. The Bertz CT molecular complexity index is 673. The summed E-state index contributed by atoms with van der Waals surface area (Å²) < 4.78 is 16.7. The molecule has 3 rings (SSSR count). The van der Waals surface area contributed by atoms with Crippen molar-refractivity contribution in [3.05, 3.63) is 41.6 Å². The van der Waals surface area contributed by atoms with Crippen LogP contribution in [0.3, 0.4) is 0 Å². The van der Waals surface area contributed by atoms with Gasteiger partial charge in [0.2, 0.25) is 0 Å². The van der Waals surface area contributed by atoms with Gasteiger partial charge in [-0.15, -0.1) is 0 Å². The number of carbonyl (C=O) groups is 1. The minimum absolute atomic E-state index is 0.272. The van der Waals surface area contributed by atoms with Crippen molar-refractivity contribution in [1.29, 1.82) is 0 Å². The summed E-state index contributed by atoms with van der Waals surface area (Å²) in [6.45, 7) is 11.6. The number of amides is 1. The first-order valence-corrected chi connectivity index (χ1v) is 10.1. The Morgan fingerprint density at radius 2 is 1.82 bits per heavy atom. The van der Waals surface area contributed by atoms with E-state index in [9.17, 15) is 4.79 Å². The molecule has 0 aliphatic carbocycles. The standard InChI is InChI=1S/C22H32N2O4/c1-22(2,3)28-21(25)24-9-8-19(17-24)16-18-4-6-20(7-5-18)27-15-12-23-10-13-26-14-11-23/h4-7,17H,8-16H2,1-3H3.